The average Bonchev–Trinajstić information content (AvgIpc) is 2.41. The van der Waals surface area contributed by atoms with Gasteiger partial charge in [-0.15, -0.1) is 0 Å². The summed E-state index contributed by atoms with van der Waals surface area (Å²) < 4.78 is 0. The molecule has 0 aliphatic carbocycles. The van der Waals surface area contributed by atoms with E-state index < -0.39 is 12.1 Å². The van der Waals surface area contributed by atoms with Crippen molar-refractivity contribution >= 4 is 46.4 Å². The summed E-state index contributed by atoms with van der Waals surface area (Å²) in [6, 6.07) is 4.15. The van der Waals surface area contributed by atoms with E-state index in [0.717, 1.165) is 0 Å². The van der Waals surface area contributed by atoms with Gasteiger partial charge >= 0.3 is 0 Å². The van der Waals surface area contributed by atoms with E-state index in [9.17, 15) is 10.2 Å². The molecule has 2 aromatic carbocycles. The van der Waals surface area contributed by atoms with Crippen molar-refractivity contribution < 1.29 is 10.2 Å². The Bertz CT molecular complexity index is 693. The van der Waals surface area contributed by atoms with Gasteiger partial charge in [0, 0.05) is 27.7 Å². The van der Waals surface area contributed by atoms with E-state index >= 15 is 0 Å². The predicted molar refractivity (Wildman–Crippen MR) is 94.9 cm³/mol. The van der Waals surface area contributed by atoms with Crippen LogP contribution >= 0.6 is 46.4 Å². The molecule has 0 fully saturated rings. The largest absolute Gasteiger partial charge is 0.508 e. The summed E-state index contributed by atoms with van der Waals surface area (Å²) in [7, 11) is 0. The number of phenols is 2. The predicted octanol–water partition coefficient (Wildman–Crippen LogP) is 4.28. The summed E-state index contributed by atoms with van der Waals surface area (Å²) in [6.45, 7) is 0. The zero-order valence-corrected chi connectivity index (χ0v) is 14.8. The first-order valence-corrected chi connectivity index (χ1v) is 8.07. The van der Waals surface area contributed by atoms with Crippen LogP contribution in [0.1, 0.15) is 17.2 Å². The molecule has 0 bridgehead atoms. The van der Waals surface area contributed by atoms with Gasteiger partial charge in [-0.05, 0) is 36.2 Å². The molecule has 0 aromatic heterocycles. The molecule has 124 valence electrons. The molecule has 4 nitrogen and oxygen atoms in total. The summed E-state index contributed by atoms with van der Waals surface area (Å²) >= 11 is 24.4. The molecule has 2 rings (SSSR count). The smallest absolute Gasteiger partial charge is 0.118 e. The van der Waals surface area contributed by atoms with Gasteiger partial charge in [0.05, 0.1) is 10.0 Å². The number of aromatic hydroxyl groups is 2. The quantitative estimate of drug-likeness (QED) is 0.621. The topological polar surface area (TPSA) is 92.5 Å². The summed E-state index contributed by atoms with van der Waals surface area (Å²) in [6.07, 6.45) is 0.257. The van der Waals surface area contributed by atoms with E-state index in [1.54, 1.807) is 0 Å². The number of nitrogens with two attached hydrogens (primary N) is 2. The van der Waals surface area contributed by atoms with Crippen LogP contribution in [0.2, 0.25) is 20.1 Å². The highest BCUT2D eigenvalue weighted by molar-refractivity contribution is 6.37. The maximum Gasteiger partial charge on any atom is 0.118 e. The van der Waals surface area contributed by atoms with E-state index in [4.69, 9.17) is 57.9 Å². The van der Waals surface area contributed by atoms with Gasteiger partial charge in [0.1, 0.15) is 11.5 Å². The Kier molecular flexibility index (Phi) is 5.89. The minimum absolute atomic E-state index is 0.0359. The van der Waals surface area contributed by atoms with Crippen LogP contribution in [-0.4, -0.2) is 16.3 Å². The monoisotopic (exact) mass is 394 g/mol. The molecular weight excluding hydrogens is 382 g/mol. The van der Waals surface area contributed by atoms with Crippen molar-refractivity contribution in [3.63, 3.8) is 0 Å². The van der Waals surface area contributed by atoms with Crippen molar-refractivity contribution in [1.82, 2.24) is 0 Å². The third-order valence-corrected chi connectivity index (χ3v) is 4.72. The lowest BCUT2D eigenvalue weighted by Gasteiger charge is -2.23. The first-order valence-electron chi connectivity index (χ1n) is 6.56. The molecule has 0 amide bonds. The van der Waals surface area contributed by atoms with Crippen molar-refractivity contribution in [3.8, 4) is 11.5 Å². The van der Waals surface area contributed by atoms with Crippen LogP contribution in [0.4, 0.5) is 0 Å². The highest BCUT2D eigenvalue weighted by Crippen LogP contribution is 2.36. The van der Waals surface area contributed by atoms with E-state index in [1.165, 1.54) is 24.3 Å². The second-order valence-electron chi connectivity index (χ2n) is 5.10. The zero-order chi connectivity index (χ0) is 17.3. The Morgan fingerprint density at radius 3 is 1.61 bits per heavy atom. The molecule has 2 aromatic rings. The molecule has 2 unspecified atom stereocenters. The van der Waals surface area contributed by atoms with Crippen molar-refractivity contribution in [1.29, 1.82) is 0 Å². The molecule has 8 heteroatoms. The lowest BCUT2D eigenvalue weighted by atomic mass is 9.95. The fraction of sp³-hybridized carbons (Fsp3) is 0.200. The molecule has 0 saturated heterocycles. The third kappa shape index (κ3) is 4.15. The van der Waals surface area contributed by atoms with Crippen LogP contribution < -0.4 is 11.5 Å². The number of rotatable bonds is 4. The van der Waals surface area contributed by atoms with Gasteiger partial charge < -0.3 is 21.7 Å². The number of benzene rings is 2. The molecule has 0 aliphatic rings. The van der Waals surface area contributed by atoms with Gasteiger partial charge in [0.25, 0.3) is 0 Å². The minimum atomic E-state index is -0.698. The molecule has 0 radical (unpaired) electrons. The summed E-state index contributed by atoms with van der Waals surface area (Å²) in [5, 5.41) is 20.0. The second-order valence-corrected chi connectivity index (χ2v) is 6.73. The van der Waals surface area contributed by atoms with Gasteiger partial charge in [-0.1, -0.05) is 46.4 Å². The van der Waals surface area contributed by atoms with Crippen molar-refractivity contribution in [3.05, 3.63) is 55.5 Å². The fourth-order valence-corrected chi connectivity index (χ4v) is 3.61. The molecule has 0 saturated carbocycles. The van der Waals surface area contributed by atoms with Crippen LogP contribution in [0.3, 0.4) is 0 Å². The summed E-state index contributed by atoms with van der Waals surface area (Å²) in [5.41, 5.74) is 13.3. The second kappa shape index (κ2) is 7.34. The Morgan fingerprint density at radius 2 is 1.17 bits per heavy atom. The van der Waals surface area contributed by atoms with Gasteiger partial charge in [-0.25, -0.2) is 0 Å². The van der Waals surface area contributed by atoms with Gasteiger partial charge in [-0.3, -0.25) is 0 Å². The maximum absolute atomic E-state index is 9.47. The lowest BCUT2D eigenvalue weighted by Crippen LogP contribution is -2.36. The van der Waals surface area contributed by atoms with E-state index in [1.807, 2.05) is 0 Å². The molecule has 0 spiro atoms. The molecule has 23 heavy (non-hydrogen) atoms. The Morgan fingerprint density at radius 1 is 0.783 bits per heavy atom. The Hall–Kier alpha value is -0.880. The Balaban J connectivity index is 2.30. The van der Waals surface area contributed by atoms with Crippen molar-refractivity contribution in [2.24, 2.45) is 11.5 Å². The van der Waals surface area contributed by atoms with Crippen molar-refractivity contribution in [2.75, 3.05) is 0 Å². The first kappa shape index (κ1) is 18.5. The molecule has 6 N–H and O–H groups in total. The molecule has 2 atom stereocenters. The lowest BCUT2D eigenvalue weighted by molar-refractivity contribution is 0.474. The fourth-order valence-electron chi connectivity index (χ4n) is 2.25. The van der Waals surface area contributed by atoms with Crippen LogP contribution in [0.15, 0.2) is 24.3 Å². The first-order chi connectivity index (χ1) is 10.7. The van der Waals surface area contributed by atoms with E-state index in [2.05, 4.69) is 0 Å². The minimum Gasteiger partial charge on any atom is -0.508 e. The number of hydrogen-bond acceptors (Lipinski definition) is 4. The van der Waals surface area contributed by atoms with Gasteiger partial charge in [-0.2, -0.15) is 0 Å². The van der Waals surface area contributed by atoms with Crippen LogP contribution in [0.5, 0.6) is 11.5 Å². The highest BCUT2D eigenvalue weighted by atomic mass is 35.5. The SMILES string of the molecule is NC(Cc1c(Cl)cc(O)cc1Cl)C(N)c1c(Cl)cc(O)cc1Cl. The van der Waals surface area contributed by atoms with Crippen LogP contribution in [0.25, 0.3) is 0 Å². The van der Waals surface area contributed by atoms with Gasteiger partial charge in [0.15, 0.2) is 0 Å². The van der Waals surface area contributed by atoms with E-state index in [-0.39, 0.29) is 28.0 Å². The van der Waals surface area contributed by atoms with Crippen molar-refractivity contribution in [2.45, 2.75) is 18.5 Å². The summed E-state index contributed by atoms with van der Waals surface area (Å²) in [4.78, 5) is 0. The van der Waals surface area contributed by atoms with E-state index in [0.29, 0.717) is 21.2 Å². The number of halogens is 4. The zero-order valence-electron chi connectivity index (χ0n) is 11.7. The summed E-state index contributed by atoms with van der Waals surface area (Å²) in [5.74, 6) is -0.0969. The van der Waals surface area contributed by atoms with Crippen LogP contribution in [-0.2, 0) is 6.42 Å². The third-order valence-electron chi connectivity index (χ3n) is 3.42. The normalized spacial score (nSPS) is 13.8. The number of hydrogen-bond donors (Lipinski definition) is 4. The number of phenolic OH excluding ortho intramolecular Hbond substituents is 2. The molecular formula is C15H14Cl4N2O2. The molecule has 0 aliphatic heterocycles. The van der Waals surface area contributed by atoms with Crippen LogP contribution in [0, 0.1) is 0 Å². The highest BCUT2D eigenvalue weighted by Gasteiger charge is 2.23. The van der Waals surface area contributed by atoms with Gasteiger partial charge in [0.2, 0.25) is 0 Å². The standard InChI is InChI=1S/C15H14Cl4N2O2/c16-9-1-6(22)2-10(17)8(9)5-13(20)15(21)14-11(18)3-7(23)4-12(14)19/h1-4,13,15,22-23H,5,20-21H2. The maximum atomic E-state index is 9.47. The Labute approximate surface area is 153 Å². The molecule has 0 heterocycles. The average molecular weight is 396 g/mol.